The first-order valence-electron chi connectivity index (χ1n) is 7.17. The second kappa shape index (κ2) is 6.57. The van der Waals surface area contributed by atoms with Crippen molar-refractivity contribution in [2.75, 3.05) is 6.54 Å². The van der Waals surface area contributed by atoms with Gasteiger partial charge in [-0.15, -0.1) is 0 Å². The first-order valence-corrected chi connectivity index (χ1v) is 7.96. The Morgan fingerprint density at radius 3 is 2.65 bits per heavy atom. The van der Waals surface area contributed by atoms with E-state index in [0.29, 0.717) is 18.9 Å². The van der Waals surface area contributed by atoms with E-state index in [0.717, 1.165) is 17.3 Å². The molecule has 0 fully saturated rings. The number of rotatable bonds is 5. The van der Waals surface area contributed by atoms with Crippen molar-refractivity contribution in [3.63, 3.8) is 0 Å². The molecule has 1 N–H and O–H groups in total. The summed E-state index contributed by atoms with van der Waals surface area (Å²) in [5, 5.41) is 3.08. The summed E-state index contributed by atoms with van der Waals surface area (Å²) in [5.41, 5.74) is 1.18. The average Bonchev–Trinajstić information content (AvgIpc) is 2.90. The van der Waals surface area contributed by atoms with Gasteiger partial charge in [0.2, 0.25) is 5.91 Å². The standard InChI is InChI=1S/C17H22BrNO/c1-17(2,14-7-9-15(18)10-8-14)12-19-16(20)11-13-5-3-4-6-13/h3,5,7-10,13H,4,6,11-12H2,1-2H3,(H,19,20)/t13-/m1/s1. The zero-order chi connectivity index (χ0) is 14.6. The number of carbonyl (C=O) groups is 1. The van der Waals surface area contributed by atoms with Crippen molar-refractivity contribution >= 4 is 21.8 Å². The number of benzene rings is 1. The van der Waals surface area contributed by atoms with Crippen molar-refractivity contribution in [2.24, 2.45) is 5.92 Å². The number of amides is 1. The summed E-state index contributed by atoms with van der Waals surface area (Å²) in [4.78, 5) is 12.0. The molecule has 0 radical (unpaired) electrons. The predicted molar refractivity (Wildman–Crippen MR) is 86.7 cm³/mol. The molecule has 1 amide bonds. The molecule has 3 heteroatoms. The molecule has 2 nitrogen and oxygen atoms in total. The Labute approximate surface area is 129 Å². The zero-order valence-electron chi connectivity index (χ0n) is 12.2. The van der Waals surface area contributed by atoms with Crippen molar-refractivity contribution < 1.29 is 4.79 Å². The fourth-order valence-corrected chi connectivity index (χ4v) is 2.76. The van der Waals surface area contributed by atoms with Gasteiger partial charge in [-0.05, 0) is 36.5 Å². The second-order valence-corrected chi connectivity index (χ2v) is 7.05. The Balaban J connectivity index is 1.86. The number of allylic oxidation sites excluding steroid dienone is 2. The van der Waals surface area contributed by atoms with Gasteiger partial charge in [0, 0.05) is 22.9 Å². The lowest BCUT2D eigenvalue weighted by Gasteiger charge is -2.26. The molecule has 0 bridgehead atoms. The van der Waals surface area contributed by atoms with E-state index in [9.17, 15) is 4.79 Å². The fraction of sp³-hybridized carbons (Fsp3) is 0.471. The lowest BCUT2D eigenvalue weighted by Crippen LogP contribution is -2.37. The predicted octanol–water partition coefficient (Wildman–Crippen LogP) is 4.20. The molecule has 1 aromatic rings. The molecule has 2 rings (SSSR count). The van der Waals surface area contributed by atoms with E-state index in [1.54, 1.807) is 0 Å². The van der Waals surface area contributed by atoms with Crippen LogP contribution in [0.15, 0.2) is 40.9 Å². The van der Waals surface area contributed by atoms with E-state index in [1.807, 2.05) is 12.1 Å². The van der Waals surface area contributed by atoms with Crippen LogP contribution in [0.4, 0.5) is 0 Å². The Hall–Kier alpha value is -1.09. The molecule has 0 unspecified atom stereocenters. The van der Waals surface area contributed by atoms with E-state index >= 15 is 0 Å². The third-order valence-electron chi connectivity index (χ3n) is 3.91. The molecule has 0 saturated carbocycles. The zero-order valence-corrected chi connectivity index (χ0v) is 13.7. The van der Waals surface area contributed by atoms with Gasteiger partial charge in [0.25, 0.3) is 0 Å². The van der Waals surface area contributed by atoms with Crippen LogP contribution in [0.2, 0.25) is 0 Å². The quantitative estimate of drug-likeness (QED) is 0.802. The van der Waals surface area contributed by atoms with Crippen molar-refractivity contribution in [1.29, 1.82) is 0 Å². The normalized spacial score (nSPS) is 18.2. The number of carbonyl (C=O) groups excluding carboxylic acids is 1. The van der Waals surface area contributed by atoms with Crippen LogP contribution in [0, 0.1) is 5.92 Å². The van der Waals surface area contributed by atoms with Gasteiger partial charge in [-0.25, -0.2) is 0 Å². The van der Waals surface area contributed by atoms with Gasteiger partial charge >= 0.3 is 0 Å². The first-order chi connectivity index (χ1) is 9.47. The third-order valence-corrected chi connectivity index (χ3v) is 4.44. The van der Waals surface area contributed by atoms with Gasteiger partial charge in [-0.1, -0.05) is 54.1 Å². The van der Waals surface area contributed by atoms with Crippen LogP contribution >= 0.6 is 15.9 Å². The molecule has 1 atom stereocenters. The van der Waals surface area contributed by atoms with Crippen LogP contribution in [-0.4, -0.2) is 12.5 Å². The van der Waals surface area contributed by atoms with E-state index in [1.165, 1.54) is 5.56 Å². The Kier molecular flexibility index (Phi) is 5.03. The largest absolute Gasteiger partial charge is 0.355 e. The van der Waals surface area contributed by atoms with E-state index in [2.05, 4.69) is 59.4 Å². The Morgan fingerprint density at radius 2 is 2.05 bits per heavy atom. The Morgan fingerprint density at radius 1 is 1.35 bits per heavy atom. The number of nitrogens with one attached hydrogen (secondary N) is 1. The minimum absolute atomic E-state index is 0.0537. The Bertz CT molecular complexity index is 490. The van der Waals surface area contributed by atoms with Crippen molar-refractivity contribution in [3.05, 3.63) is 46.5 Å². The lowest BCUT2D eigenvalue weighted by molar-refractivity contribution is -0.121. The molecule has 0 saturated heterocycles. The number of halogens is 1. The highest BCUT2D eigenvalue weighted by Gasteiger charge is 2.22. The molecule has 108 valence electrons. The summed E-state index contributed by atoms with van der Waals surface area (Å²) < 4.78 is 1.08. The van der Waals surface area contributed by atoms with Crippen LogP contribution in [0.5, 0.6) is 0 Å². The highest BCUT2D eigenvalue weighted by molar-refractivity contribution is 9.10. The van der Waals surface area contributed by atoms with Gasteiger partial charge in [-0.3, -0.25) is 4.79 Å². The monoisotopic (exact) mass is 335 g/mol. The van der Waals surface area contributed by atoms with Crippen molar-refractivity contribution in [1.82, 2.24) is 5.32 Å². The molecule has 0 aromatic heterocycles. The molecule has 0 spiro atoms. The maximum absolute atomic E-state index is 12.0. The minimum atomic E-state index is -0.0537. The van der Waals surface area contributed by atoms with Crippen LogP contribution in [0.3, 0.4) is 0 Å². The smallest absolute Gasteiger partial charge is 0.220 e. The molecular weight excluding hydrogens is 314 g/mol. The van der Waals surface area contributed by atoms with Gasteiger partial charge < -0.3 is 5.32 Å². The first kappa shape index (κ1) is 15.3. The molecule has 1 aliphatic rings. The SMILES string of the molecule is CC(C)(CNC(=O)C[C@@H]1C=CCC1)c1ccc(Br)cc1. The lowest BCUT2D eigenvalue weighted by atomic mass is 9.84. The highest BCUT2D eigenvalue weighted by atomic mass is 79.9. The molecule has 1 aliphatic carbocycles. The maximum atomic E-state index is 12.0. The van der Waals surface area contributed by atoms with Crippen LogP contribution < -0.4 is 5.32 Å². The van der Waals surface area contributed by atoms with Gasteiger partial charge in [0.15, 0.2) is 0 Å². The van der Waals surface area contributed by atoms with Gasteiger partial charge in [-0.2, -0.15) is 0 Å². The molecule has 20 heavy (non-hydrogen) atoms. The van der Waals surface area contributed by atoms with Crippen molar-refractivity contribution in [3.8, 4) is 0 Å². The van der Waals surface area contributed by atoms with Crippen LogP contribution in [-0.2, 0) is 10.2 Å². The van der Waals surface area contributed by atoms with Crippen molar-refractivity contribution in [2.45, 2.75) is 38.5 Å². The molecule has 1 aromatic carbocycles. The van der Waals surface area contributed by atoms with E-state index in [4.69, 9.17) is 0 Å². The fourth-order valence-electron chi connectivity index (χ4n) is 2.50. The average molecular weight is 336 g/mol. The van der Waals surface area contributed by atoms with Crippen LogP contribution in [0.25, 0.3) is 0 Å². The van der Waals surface area contributed by atoms with E-state index < -0.39 is 0 Å². The number of hydrogen-bond acceptors (Lipinski definition) is 1. The number of hydrogen-bond donors (Lipinski definition) is 1. The third kappa shape index (κ3) is 4.20. The summed E-state index contributed by atoms with van der Waals surface area (Å²) in [6.45, 7) is 4.99. The summed E-state index contributed by atoms with van der Waals surface area (Å²) in [5.74, 6) is 0.595. The molecular formula is C17H22BrNO. The summed E-state index contributed by atoms with van der Waals surface area (Å²) in [6.07, 6.45) is 7.18. The summed E-state index contributed by atoms with van der Waals surface area (Å²) >= 11 is 3.45. The maximum Gasteiger partial charge on any atom is 0.220 e. The van der Waals surface area contributed by atoms with E-state index in [-0.39, 0.29) is 11.3 Å². The summed E-state index contributed by atoms with van der Waals surface area (Å²) in [6, 6.07) is 8.30. The van der Waals surface area contributed by atoms with Gasteiger partial charge in [0.05, 0.1) is 0 Å². The van der Waals surface area contributed by atoms with Crippen LogP contribution in [0.1, 0.15) is 38.7 Å². The second-order valence-electron chi connectivity index (χ2n) is 6.14. The molecule has 0 aliphatic heterocycles. The summed E-state index contributed by atoms with van der Waals surface area (Å²) in [7, 11) is 0. The molecule has 0 heterocycles. The van der Waals surface area contributed by atoms with Gasteiger partial charge in [0.1, 0.15) is 0 Å². The minimum Gasteiger partial charge on any atom is -0.355 e. The highest BCUT2D eigenvalue weighted by Crippen LogP contribution is 2.24. The topological polar surface area (TPSA) is 29.1 Å².